The molecule has 2 aromatic carbocycles. The monoisotopic (exact) mass is 380 g/mol. The lowest BCUT2D eigenvalue weighted by atomic mass is 10.1. The zero-order valence-electron chi connectivity index (χ0n) is 14.8. The maximum absolute atomic E-state index is 12.9. The number of carbonyl (C=O) groups is 1. The van der Waals surface area contributed by atoms with Gasteiger partial charge in [-0.25, -0.2) is 14.4 Å². The minimum absolute atomic E-state index is 0.177. The fourth-order valence-corrected chi connectivity index (χ4v) is 2.68. The second kappa shape index (κ2) is 7.91. The average molecular weight is 380 g/mol. The molecule has 28 heavy (non-hydrogen) atoms. The zero-order valence-corrected chi connectivity index (χ0v) is 14.8. The summed E-state index contributed by atoms with van der Waals surface area (Å²) in [5, 5.41) is 5.84. The number of anilines is 2. The Balaban J connectivity index is 1.31. The van der Waals surface area contributed by atoms with Gasteiger partial charge in [-0.15, -0.1) is 0 Å². The van der Waals surface area contributed by atoms with E-state index in [9.17, 15) is 9.18 Å². The Labute approximate surface area is 160 Å². The normalized spacial score (nSPS) is 11.9. The van der Waals surface area contributed by atoms with E-state index in [1.165, 1.54) is 24.5 Å². The van der Waals surface area contributed by atoms with Crippen LogP contribution in [0, 0.1) is 5.82 Å². The summed E-state index contributed by atoms with van der Waals surface area (Å²) in [5.41, 5.74) is 1.94. The maximum atomic E-state index is 12.9. The molecule has 0 unspecified atom stereocenters. The number of rotatable bonds is 6. The van der Waals surface area contributed by atoms with Gasteiger partial charge in [0.25, 0.3) is 5.91 Å². The maximum Gasteiger partial charge on any atom is 0.258 e. The predicted octanol–water partition coefficient (Wildman–Crippen LogP) is 3.25. The third-order valence-electron chi connectivity index (χ3n) is 4.15. The molecule has 7 nitrogen and oxygen atoms in total. The van der Waals surface area contributed by atoms with Crippen LogP contribution in [0.4, 0.5) is 16.0 Å². The van der Waals surface area contributed by atoms with Crippen LogP contribution >= 0.6 is 0 Å². The minimum Gasteiger partial charge on any atom is -0.454 e. The lowest BCUT2D eigenvalue weighted by Gasteiger charge is -2.07. The molecule has 0 saturated carbocycles. The standard InChI is InChI=1S/C20H17FN4O3/c21-15-3-1-13(2-4-15)7-8-22-20-23-10-14(11-24-20)19(26)25-16-5-6-17-18(9-16)28-12-27-17/h1-6,9-11H,7-8,12H2,(H,25,26)(H,22,23,24). The van der Waals surface area contributed by atoms with Gasteiger partial charge < -0.3 is 20.1 Å². The predicted molar refractivity (Wildman–Crippen MR) is 101 cm³/mol. The molecule has 3 aromatic rings. The summed E-state index contributed by atoms with van der Waals surface area (Å²) in [6.45, 7) is 0.768. The number of amides is 1. The summed E-state index contributed by atoms with van der Waals surface area (Å²) in [7, 11) is 0. The zero-order chi connectivity index (χ0) is 19.3. The van der Waals surface area contributed by atoms with Gasteiger partial charge >= 0.3 is 0 Å². The van der Waals surface area contributed by atoms with Crippen LogP contribution in [0.2, 0.25) is 0 Å². The fraction of sp³-hybridized carbons (Fsp3) is 0.150. The summed E-state index contributed by atoms with van der Waals surface area (Å²) in [6.07, 6.45) is 3.61. The van der Waals surface area contributed by atoms with Gasteiger partial charge in [-0.1, -0.05) is 12.1 Å². The van der Waals surface area contributed by atoms with Crippen molar-refractivity contribution in [3.63, 3.8) is 0 Å². The average Bonchev–Trinajstić information content (AvgIpc) is 3.18. The van der Waals surface area contributed by atoms with E-state index in [0.29, 0.717) is 41.7 Å². The second-order valence-corrected chi connectivity index (χ2v) is 6.12. The molecule has 0 saturated heterocycles. The number of benzene rings is 2. The first-order chi connectivity index (χ1) is 13.7. The van der Waals surface area contributed by atoms with E-state index in [1.54, 1.807) is 30.3 Å². The van der Waals surface area contributed by atoms with Gasteiger partial charge in [0.05, 0.1) is 5.56 Å². The van der Waals surface area contributed by atoms with Crippen LogP contribution < -0.4 is 20.1 Å². The summed E-state index contributed by atoms with van der Waals surface area (Å²) < 4.78 is 23.4. The van der Waals surface area contributed by atoms with E-state index in [4.69, 9.17) is 9.47 Å². The van der Waals surface area contributed by atoms with Crippen molar-refractivity contribution in [2.24, 2.45) is 0 Å². The number of ether oxygens (including phenoxy) is 2. The molecule has 0 atom stereocenters. The van der Waals surface area contributed by atoms with Gasteiger partial charge in [0.15, 0.2) is 11.5 Å². The Morgan fingerprint density at radius 2 is 1.79 bits per heavy atom. The van der Waals surface area contributed by atoms with Crippen molar-refractivity contribution in [2.45, 2.75) is 6.42 Å². The Bertz CT molecular complexity index is 978. The van der Waals surface area contributed by atoms with Crippen LogP contribution in [0.1, 0.15) is 15.9 Å². The van der Waals surface area contributed by atoms with E-state index >= 15 is 0 Å². The number of nitrogens with zero attached hydrogens (tertiary/aromatic N) is 2. The first kappa shape index (κ1) is 17.7. The van der Waals surface area contributed by atoms with Crippen molar-refractivity contribution >= 4 is 17.5 Å². The number of fused-ring (bicyclic) bond motifs is 1. The van der Waals surface area contributed by atoms with Crippen molar-refractivity contribution in [1.82, 2.24) is 9.97 Å². The lowest BCUT2D eigenvalue weighted by molar-refractivity contribution is 0.102. The fourth-order valence-electron chi connectivity index (χ4n) is 2.68. The van der Waals surface area contributed by atoms with E-state index < -0.39 is 0 Å². The molecular formula is C20H17FN4O3. The first-order valence-electron chi connectivity index (χ1n) is 8.69. The molecule has 142 valence electrons. The molecule has 0 bridgehead atoms. The summed E-state index contributed by atoms with van der Waals surface area (Å²) >= 11 is 0. The van der Waals surface area contributed by atoms with Gasteiger partial charge in [0, 0.05) is 30.7 Å². The van der Waals surface area contributed by atoms with Crippen molar-refractivity contribution in [2.75, 3.05) is 24.0 Å². The summed E-state index contributed by atoms with van der Waals surface area (Å²) in [4.78, 5) is 20.7. The molecule has 8 heteroatoms. The minimum atomic E-state index is -0.322. The Hall–Kier alpha value is -3.68. The van der Waals surface area contributed by atoms with Crippen LogP contribution in [0.3, 0.4) is 0 Å². The Morgan fingerprint density at radius 1 is 1.04 bits per heavy atom. The molecule has 0 spiro atoms. The summed E-state index contributed by atoms with van der Waals surface area (Å²) in [5.74, 6) is 1.08. The van der Waals surface area contributed by atoms with E-state index in [0.717, 1.165) is 5.56 Å². The number of aromatic nitrogens is 2. The largest absolute Gasteiger partial charge is 0.454 e. The van der Waals surface area contributed by atoms with Crippen LogP contribution in [0.15, 0.2) is 54.9 Å². The number of carbonyl (C=O) groups excluding carboxylic acids is 1. The highest BCUT2D eigenvalue weighted by Gasteiger charge is 2.15. The molecule has 2 heterocycles. The van der Waals surface area contributed by atoms with Crippen LogP contribution in [-0.2, 0) is 6.42 Å². The lowest BCUT2D eigenvalue weighted by Crippen LogP contribution is -2.14. The van der Waals surface area contributed by atoms with E-state index in [2.05, 4.69) is 20.6 Å². The number of hydrogen-bond donors (Lipinski definition) is 2. The topological polar surface area (TPSA) is 85.4 Å². The molecule has 1 amide bonds. The van der Waals surface area contributed by atoms with Crippen molar-refractivity contribution in [3.8, 4) is 11.5 Å². The van der Waals surface area contributed by atoms with Crippen LogP contribution in [-0.4, -0.2) is 29.2 Å². The van der Waals surface area contributed by atoms with Gasteiger partial charge in [0.1, 0.15) is 5.82 Å². The molecule has 1 aliphatic rings. The Morgan fingerprint density at radius 3 is 2.57 bits per heavy atom. The SMILES string of the molecule is O=C(Nc1ccc2c(c1)OCO2)c1cnc(NCCc2ccc(F)cc2)nc1. The van der Waals surface area contributed by atoms with Crippen molar-refractivity contribution in [3.05, 3.63) is 71.8 Å². The third kappa shape index (κ3) is 4.17. The van der Waals surface area contributed by atoms with Crippen LogP contribution in [0.5, 0.6) is 11.5 Å². The molecular weight excluding hydrogens is 363 g/mol. The van der Waals surface area contributed by atoms with Gasteiger partial charge in [-0.2, -0.15) is 0 Å². The molecule has 4 rings (SSSR count). The molecule has 0 aliphatic carbocycles. The van der Waals surface area contributed by atoms with Crippen LogP contribution in [0.25, 0.3) is 0 Å². The number of hydrogen-bond acceptors (Lipinski definition) is 6. The molecule has 2 N–H and O–H groups in total. The number of nitrogens with one attached hydrogen (secondary N) is 2. The van der Waals surface area contributed by atoms with Crippen molar-refractivity contribution < 1.29 is 18.7 Å². The van der Waals surface area contributed by atoms with Gasteiger partial charge in [-0.05, 0) is 36.2 Å². The quantitative estimate of drug-likeness (QED) is 0.683. The molecule has 0 radical (unpaired) electrons. The van der Waals surface area contributed by atoms with Crippen molar-refractivity contribution in [1.29, 1.82) is 0 Å². The first-order valence-corrected chi connectivity index (χ1v) is 8.69. The second-order valence-electron chi connectivity index (χ2n) is 6.12. The Kier molecular flexibility index (Phi) is 5.01. The highest BCUT2D eigenvalue weighted by atomic mass is 19.1. The highest BCUT2D eigenvalue weighted by molar-refractivity contribution is 6.04. The number of halogens is 1. The van der Waals surface area contributed by atoms with E-state index in [-0.39, 0.29) is 18.5 Å². The highest BCUT2D eigenvalue weighted by Crippen LogP contribution is 2.34. The van der Waals surface area contributed by atoms with E-state index in [1.807, 2.05) is 0 Å². The molecule has 0 fully saturated rings. The van der Waals surface area contributed by atoms with Gasteiger partial charge in [-0.3, -0.25) is 4.79 Å². The smallest absolute Gasteiger partial charge is 0.258 e. The molecule has 1 aliphatic heterocycles. The summed E-state index contributed by atoms with van der Waals surface area (Å²) in [6, 6.07) is 11.5. The third-order valence-corrected chi connectivity index (χ3v) is 4.15. The van der Waals surface area contributed by atoms with Gasteiger partial charge in [0.2, 0.25) is 12.7 Å². The molecule has 1 aromatic heterocycles.